The fourth-order valence-corrected chi connectivity index (χ4v) is 2.69. The highest BCUT2D eigenvalue weighted by Gasteiger charge is 2.07. The molecule has 20 heavy (non-hydrogen) atoms. The van der Waals surface area contributed by atoms with Crippen LogP contribution in [0.4, 0.5) is 0 Å². The summed E-state index contributed by atoms with van der Waals surface area (Å²) >= 11 is 1.69. The molecule has 0 saturated carbocycles. The van der Waals surface area contributed by atoms with Crippen molar-refractivity contribution in [3.63, 3.8) is 0 Å². The molecular weight excluding hydrogens is 272 g/mol. The lowest BCUT2D eigenvalue weighted by Crippen LogP contribution is -2.16. The third-order valence-electron chi connectivity index (χ3n) is 2.88. The van der Waals surface area contributed by atoms with Crippen LogP contribution in [0.15, 0.2) is 23.6 Å². The summed E-state index contributed by atoms with van der Waals surface area (Å²) < 4.78 is 5.37. The predicted molar refractivity (Wildman–Crippen MR) is 81.5 cm³/mol. The summed E-state index contributed by atoms with van der Waals surface area (Å²) in [5.41, 5.74) is 1.93. The first kappa shape index (κ1) is 14.8. The Kier molecular flexibility index (Phi) is 5.38. The molecule has 0 aliphatic carbocycles. The first-order valence-electron chi connectivity index (χ1n) is 6.76. The van der Waals surface area contributed by atoms with Gasteiger partial charge in [0.25, 0.3) is 0 Å². The van der Waals surface area contributed by atoms with Gasteiger partial charge in [-0.05, 0) is 19.9 Å². The fourth-order valence-electron chi connectivity index (χ4n) is 1.92. The number of hydrogen-bond acceptors (Lipinski definition) is 5. The topological polar surface area (TPSA) is 54.4 Å². The molecule has 0 spiro atoms. The van der Waals surface area contributed by atoms with Gasteiger partial charge in [0.05, 0.1) is 11.6 Å². The maximum Gasteiger partial charge on any atom is 0.162 e. The van der Waals surface area contributed by atoms with Gasteiger partial charge in [-0.3, -0.25) is 0 Å². The maximum atomic E-state index is 10.1. The fraction of sp³-hybridized carbons (Fsp3) is 0.400. The van der Waals surface area contributed by atoms with Crippen LogP contribution in [-0.4, -0.2) is 23.2 Å². The number of aryl methyl sites for hydroxylation is 1. The highest BCUT2D eigenvalue weighted by Crippen LogP contribution is 2.29. The number of para-hydroxylation sites is 1. The van der Waals surface area contributed by atoms with Gasteiger partial charge in [0.1, 0.15) is 0 Å². The molecule has 1 aromatic carbocycles. The molecule has 0 unspecified atom stereocenters. The Bertz CT molecular complexity index is 555. The molecule has 0 aliphatic rings. The van der Waals surface area contributed by atoms with Crippen molar-refractivity contribution in [1.82, 2.24) is 10.3 Å². The third-order valence-corrected chi connectivity index (χ3v) is 3.91. The van der Waals surface area contributed by atoms with Crippen LogP contribution >= 0.6 is 11.3 Å². The minimum Gasteiger partial charge on any atom is -0.504 e. The Morgan fingerprint density at radius 1 is 1.40 bits per heavy atom. The number of thiazole rings is 1. The lowest BCUT2D eigenvalue weighted by Gasteiger charge is -2.10. The number of phenols is 1. The number of hydrogen-bond donors (Lipinski definition) is 2. The number of rotatable bonds is 7. The van der Waals surface area contributed by atoms with Crippen LogP contribution in [0.5, 0.6) is 11.5 Å². The minimum atomic E-state index is 0.229. The Hall–Kier alpha value is -1.59. The van der Waals surface area contributed by atoms with E-state index in [1.54, 1.807) is 17.4 Å². The highest BCUT2D eigenvalue weighted by molar-refractivity contribution is 7.09. The zero-order valence-electron chi connectivity index (χ0n) is 11.8. The van der Waals surface area contributed by atoms with E-state index in [9.17, 15) is 5.11 Å². The van der Waals surface area contributed by atoms with Crippen molar-refractivity contribution in [3.8, 4) is 11.5 Å². The standard InChI is InChI=1S/C15H20N2O2S/c1-3-19-13-6-4-5-12(15(13)18)9-16-8-7-14-17-11(2)10-20-14/h4-6,10,16,18H,3,7-9H2,1-2H3. The van der Waals surface area contributed by atoms with E-state index in [1.807, 2.05) is 26.0 Å². The molecule has 5 heteroatoms. The Labute approximate surface area is 123 Å². The molecule has 2 N–H and O–H groups in total. The Morgan fingerprint density at radius 3 is 2.95 bits per heavy atom. The average Bonchev–Trinajstić information content (AvgIpc) is 2.84. The second-order valence-electron chi connectivity index (χ2n) is 4.51. The van der Waals surface area contributed by atoms with Crippen molar-refractivity contribution in [2.75, 3.05) is 13.2 Å². The van der Waals surface area contributed by atoms with Crippen molar-refractivity contribution >= 4 is 11.3 Å². The molecule has 0 amide bonds. The van der Waals surface area contributed by atoms with E-state index in [4.69, 9.17) is 4.74 Å². The van der Waals surface area contributed by atoms with Crippen molar-refractivity contribution in [1.29, 1.82) is 0 Å². The lowest BCUT2D eigenvalue weighted by atomic mass is 10.2. The van der Waals surface area contributed by atoms with Gasteiger partial charge >= 0.3 is 0 Å². The van der Waals surface area contributed by atoms with Gasteiger partial charge in [-0.25, -0.2) is 4.98 Å². The Balaban J connectivity index is 1.83. The number of benzene rings is 1. The van der Waals surface area contributed by atoms with Gasteiger partial charge in [-0.2, -0.15) is 0 Å². The summed E-state index contributed by atoms with van der Waals surface area (Å²) in [7, 11) is 0. The zero-order chi connectivity index (χ0) is 14.4. The number of nitrogens with one attached hydrogen (secondary N) is 1. The van der Waals surface area contributed by atoms with E-state index >= 15 is 0 Å². The number of aromatic nitrogens is 1. The van der Waals surface area contributed by atoms with Crippen LogP contribution in [0.1, 0.15) is 23.2 Å². The van der Waals surface area contributed by atoms with E-state index in [1.165, 1.54) is 0 Å². The van der Waals surface area contributed by atoms with Gasteiger partial charge in [0.2, 0.25) is 0 Å². The summed E-state index contributed by atoms with van der Waals surface area (Å²) in [6.45, 7) is 5.92. The zero-order valence-corrected chi connectivity index (χ0v) is 12.7. The van der Waals surface area contributed by atoms with Crippen molar-refractivity contribution in [2.24, 2.45) is 0 Å². The largest absolute Gasteiger partial charge is 0.504 e. The van der Waals surface area contributed by atoms with Crippen LogP contribution < -0.4 is 10.1 Å². The van der Waals surface area contributed by atoms with E-state index in [0.29, 0.717) is 18.9 Å². The lowest BCUT2D eigenvalue weighted by molar-refractivity contribution is 0.316. The van der Waals surface area contributed by atoms with Crippen LogP contribution in [0.3, 0.4) is 0 Å². The first-order valence-corrected chi connectivity index (χ1v) is 7.64. The van der Waals surface area contributed by atoms with Crippen molar-refractivity contribution in [3.05, 3.63) is 39.8 Å². The molecule has 0 fully saturated rings. The molecular formula is C15H20N2O2S. The number of phenolic OH excluding ortho intramolecular Hbond substituents is 1. The second-order valence-corrected chi connectivity index (χ2v) is 5.45. The molecule has 108 valence electrons. The van der Waals surface area contributed by atoms with Gasteiger partial charge < -0.3 is 15.2 Å². The normalized spacial score (nSPS) is 10.7. The molecule has 2 aromatic rings. The minimum absolute atomic E-state index is 0.229. The molecule has 2 rings (SSSR count). The molecule has 0 saturated heterocycles. The SMILES string of the molecule is CCOc1cccc(CNCCc2nc(C)cs2)c1O. The van der Waals surface area contributed by atoms with Gasteiger partial charge in [-0.1, -0.05) is 12.1 Å². The van der Waals surface area contributed by atoms with Gasteiger partial charge in [0.15, 0.2) is 11.5 Å². The number of ether oxygens (including phenoxy) is 1. The van der Waals surface area contributed by atoms with Crippen molar-refractivity contribution in [2.45, 2.75) is 26.8 Å². The first-order chi connectivity index (χ1) is 9.70. The number of nitrogens with zero attached hydrogens (tertiary/aromatic N) is 1. The summed E-state index contributed by atoms with van der Waals surface area (Å²) in [6, 6.07) is 5.57. The average molecular weight is 292 g/mol. The smallest absolute Gasteiger partial charge is 0.162 e. The quantitative estimate of drug-likeness (QED) is 0.771. The Morgan fingerprint density at radius 2 is 2.25 bits per heavy atom. The molecule has 0 bridgehead atoms. The van der Waals surface area contributed by atoms with Gasteiger partial charge in [0, 0.05) is 36.1 Å². The van der Waals surface area contributed by atoms with Crippen LogP contribution in [0, 0.1) is 6.92 Å². The highest BCUT2D eigenvalue weighted by atomic mass is 32.1. The second kappa shape index (κ2) is 7.26. The van der Waals surface area contributed by atoms with E-state index in [-0.39, 0.29) is 5.75 Å². The maximum absolute atomic E-state index is 10.1. The predicted octanol–water partition coefficient (Wildman–Crippen LogP) is 2.89. The van der Waals surface area contributed by atoms with Gasteiger partial charge in [-0.15, -0.1) is 11.3 Å². The van der Waals surface area contributed by atoms with Crippen LogP contribution in [0.2, 0.25) is 0 Å². The summed E-state index contributed by atoms with van der Waals surface area (Å²) in [6.07, 6.45) is 0.907. The molecule has 0 aliphatic heterocycles. The molecule has 1 heterocycles. The van der Waals surface area contributed by atoms with Crippen molar-refractivity contribution < 1.29 is 9.84 Å². The molecule has 1 aromatic heterocycles. The van der Waals surface area contributed by atoms with E-state index in [2.05, 4.69) is 15.7 Å². The molecule has 4 nitrogen and oxygen atoms in total. The molecule has 0 radical (unpaired) electrons. The number of aromatic hydroxyl groups is 1. The van der Waals surface area contributed by atoms with Crippen LogP contribution in [-0.2, 0) is 13.0 Å². The van der Waals surface area contributed by atoms with Crippen LogP contribution in [0.25, 0.3) is 0 Å². The monoisotopic (exact) mass is 292 g/mol. The summed E-state index contributed by atoms with van der Waals surface area (Å²) in [4.78, 5) is 4.42. The summed E-state index contributed by atoms with van der Waals surface area (Å²) in [5, 5.41) is 16.6. The summed E-state index contributed by atoms with van der Waals surface area (Å²) in [5.74, 6) is 0.772. The van der Waals surface area contributed by atoms with E-state index < -0.39 is 0 Å². The van der Waals surface area contributed by atoms with E-state index in [0.717, 1.165) is 29.2 Å². The third kappa shape index (κ3) is 3.95. The molecule has 0 atom stereocenters.